The number of hydrogen-bond acceptors (Lipinski definition) is 9. The number of aromatic nitrogens is 2. The van der Waals surface area contributed by atoms with Gasteiger partial charge in [-0.1, -0.05) is 75.7 Å². The zero-order chi connectivity index (χ0) is 38.3. The number of carbonyl (C=O) groups excluding carboxylic acids is 1. The molecule has 3 atom stereocenters. The lowest BCUT2D eigenvalue weighted by molar-refractivity contribution is 0.0192. The smallest absolute Gasteiger partial charge is 0.278 e. The molecule has 2 aromatic carbocycles. The molecule has 1 aliphatic heterocycles. The van der Waals surface area contributed by atoms with Crippen LogP contribution in [0.2, 0.25) is 51.4 Å². The highest BCUT2D eigenvalue weighted by molar-refractivity contribution is 7.86. The van der Waals surface area contributed by atoms with Crippen LogP contribution < -0.4 is 10.2 Å². The number of likely N-dealkylation sites (tertiary alicyclic amines) is 1. The van der Waals surface area contributed by atoms with Gasteiger partial charge >= 0.3 is 0 Å². The summed E-state index contributed by atoms with van der Waals surface area (Å²) in [5, 5.41) is 4.42. The molecular weight excluding hydrogens is 722 g/mol. The monoisotopic (exact) mass is 775 g/mol. The molecular formula is C37H54FN3O8SSi2. The second kappa shape index (κ2) is 17.7. The molecule has 1 saturated heterocycles. The van der Waals surface area contributed by atoms with Crippen molar-refractivity contribution in [3.05, 3.63) is 93.2 Å². The number of amides is 1. The molecule has 1 amide bonds. The van der Waals surface area contributed by atoms with E-state index in [0.29, 0.717) is 31.6 Å². The summed E-state index contributed by atoms with van der Waals surface area (Å²) in [5.74, 6) is -2.08. The van der Waals surface area contributed by atoms with E-state index in [9.17, 15) is 22.4 Å². The predicted molar refractivity (Wildman–Crippen MR) is 205 cm³/mol. The topological polar surface area (TPSA) is 126 Å². The van der Waals surface area contributed by atoms with Gasteiger partial charge in [0, 0.05) is 41.8 Å². The fourth-order valence-electron chi connectivity index (χ4n) is 6.15. The van der Waals surface area contributed by atoms with Gasteiger partial charge in [0.25, 0.3) is 21.5 Å². The van der Waals surface area contributed by atoms with Gasteiger partial charge < -0.3 is 19.1 Å². The Balaban J connectivity index is 1.73. The first kappa shape index (κ1) is 41.5. The Bertz CT molecular complexity index is 1850. The first-order valence-electron chi connectivity index (χ1n) is 17.7. The Hall–Kier alpha value is -3.22. The maximum absolute atomic E-state index is 14.7. The zero-order valence-corrected chi connectivity index (χ0v) is 34.5. The molecule has 0 aliphatic carbocycles. The maximum Gasteiger partial charge on any atom is 0.278 e. The summed E-state index contributed by atoms with van der Waals surface area (Å²) in [4.78, 5) is 29.8. The minimum atomic E-state index is -4.09. The van der Waals surface area contributed by atoms with E-state index >= 15 is 0 Å². The largest absolute Gasteiger partial charge is 0.462 e. The molecule has 0 bridgehead atoms. The number of ether oxygens (including phenoxy) is 3. The van der Waals surface area contributed by atoms with Crippen molar-refractivity contribution in [3.8, 4) is 5.75 Å². The lowest BCUT2D eigenvalue weighted by atomic mass is 9.81. The summed E-state index contributed by atoms with van der Waals surface area (Å²) in [6.45, 7) is 16.3. The van der Waals surface area contributed by atoms with Gasteiger partial charge in [0.05, 0.1) is 18.5 Å². The predicted octanol–water partition coefficient (Wildman–Crippen LogP) is 6.48. The molecule has 0 N–H and O–H groups in total. The Morgan fingerprint density at radius 1 is 1.00 bits per heavy atom. The normalized spacial score (nSPS) is 16.6. The second-order valence-electron chi connectivity index (χ2n) is 15.9. The standard InChI is InChI=1S/C37H54FN3O8SSi2/c1-27-13-9-10-16-30(27)33(28-14-11-15-29(38)23-28)36(49-50(2,44)45)31-17-12-18-41(31)37(43)34-35(42)32(48-26-47-20-22-52(6,7)8)24-40(39-34)25-46-19-21-51(3,4)5/h9-11,13-16,23-24,31,33,36H,12,17-22,25-26H2,1-8H3/t31-,33?,36?/m1/s1. The lowest BCUT2D eigenvalue weighted by Gasteiger charge is -2.36. The molecule has 1 aliphatic rings. The fourth-order valence-corrected chi connectivity index (χ4v) is 8.31. The molecule has 0 saturated carbocycles. The summed E-state index contributed by atoms with van der Waals surface area (Å²) < 4.78 is 65.1. The van der Waals surface area contributed by atoms with Crippen LogP contribution in [0.25, 0.3) is 0 Å². The number of halogens is 1. The third-order valence-corrected chi connectivity index (χ3v) is 12.9. The van der Waals surface area contributed by atoms with Crippen molar-refractivity contribution < 1.29 is 36.0 Å². The SMILES string of the molecule is Cc1ccccc1C(c1cccc(F)c1)C(OS(C)(=O)=O)[C@H]1CCCN1C(=O)c1nn(COCC[Si](C)(C)C)cc(OCOCC[Si](C)(C)C)c1=O. The molecule has 0 spiro atoms. The number of carbonyl (C=O) groups is 1. The molecule has 4 rings (SSSR count). The molecule has 2 heterocycles. The summed E-state index contributed by atoms with van der Waals surface area (Å²) in [5.41, 5.74) is 0.940. The van der Waals surface area contributed by atoms with Crippen LogP contribution in [0.5, 0.6) is 5.75 Å². The Morgan fingerprint density at radius 3 is 2.31 bits per heavy atom. The van der Waals surface area contributed by atoms with Crippen LogP contribution in [0.3, 0.4) is 0 Å². The van der Waals surface area contributed by atoms with Gasteiger partial charge in [0.1, 0.15) is 18.7 Å². The van der Waals surface area contributed by atoms with Crippen molar-refractivity contribution in [1.29, 1.82) is 0 Å². The number of aryl methyl sites for hydroxylation is 1. The number of rotatable bonds is 18. The molecule has 1 fully saturated rings. The van der Waals surface area contributed by atoms with Crippen molar-refractivity contribution in [2.24, 2.45) is 0 Å². The van der Waals surface area contributed by atoms with E-state index in [1.165, 1.54) is 27.9 Å². The van der Waals surface area contributed by atoms with Crippen LogP contribution in [-0.4, -0.2) is 90.1 Å². The van der Waals surface area contributed by atoms with Gasteiger partial charge in [-0.25, -0.2) is 9.07 Å². The summed E-state index contributed by atoms with van der Waals surface area (Å²) >= 11 is 0. The van der Waals surface area contributed by atoms with E-state index in [2.05, 4.69) is 44.4 Å². The van der Waals surface area contributed by atoms with Crippen molar-refractivity contribution >= 4 is 32.2 Å². The summed E-state index contributed by atoms with van der Waals surface area (Å²) in [7, 11) is -6.82. The third kappa shape index (κ3) is 12.2. The summed E-state index contributed by atoms with van der Waals surface area (Å²) in [6.07, 6.45) is 2.09. The van der Waals surface area contributed by atoms with Gasteiger partial charge in [-0.2, -0.15) is 13.5 Å². The molecule has 1 aromatic heterocycles. The Kier molecular flexibility index (Phi) is 14.2. The fraction of sp³-hybridized carbons (Fsp3) is 0.541. The summed E-state index contributed by atoms with van der Waals surface area (Å²) in [6, 6.07) is 14.4. The molecule has 2 unspecified atom stereocenters. The highest BCUT2D eigenvalue weighted by Gasteiger charge is 2.44. The van der Waals surface area contributed by atoms with Gasteiger partial charge in [0.15, 0.2) is 18.2 Å². The van der Waals surface area contributed by atoms with Crippen LogP contribution in [0.1, 0.15) is 45.9 Å². The minimum Gasteiger partial charge on any atom is -0.462 e. The van der Waals surface area contributed by atoms with E-state index < -0.39 is 67.2 Å². The molecule has 15 heteroatoms. The molecule has 11 nitrogen and oxygen atoms in total. The highest BCUT2D eigenvalue weighted by atomic mass is 32.2. The van der Waals surface area contributed by atoms with Crippen LogP contribution >= 0.6 is 0 Å². The average Bonchev–Trinajstić information content (AvgIpc) is 3.53. The first-order valence-corrected chi connectivity index (χ1v) is 27.0. The van der Waals surface area contributed by atoms with Crippen molar-refractivity contribution in [2.45, 2.75) is 95.9 Å². The van der Waals surface area contributed by atoms with E-state index in [0.717, 1.165) is 29.5 Å². The second-order valence-corrected chi connectivity index (χ2v) is 28.7. The van der Waals surface area contributed by atoms with E-state index in [4.69, 9.17) is 18.4 Å². The van der Waals surface area contributed by atoms with Crippen LogP contribution in [-0.2, 0) is 30.5 Å². The number of benzene rings is 2. The Labute approximate surface area is 309 Å². The van der Waals surface area contributed by atoms with Crippen molar-refractivity contribution in [2.75, 3.05) is 32.8 Å². The van der Waals surface area contributed by atoms with Crippen molar-refractivity contribution in [3.63, 3.8) is 0 Å². The van der Waals surface area contributed by atoms with E-state index in [1.807, 2.05) is 31.2 Å². The highest BCUT2D eigenvalue weighted by Crippen LogP contribution is 2.39. The number of hydrogen-bond donors (Lipinski definition) is 0. The Morgan fingerprint density at radius 2 is 1.67 bits per heavy atom. The van der Waals surface area contributed by atoms with E-state index in [1.54, 1.807) is 12.1 Å². The molecule has 52 heavy (non-hydrogen) atoms. The van der Waals surface area contributed by atoms with E-state index in [-0.39, 0.29) is 25.8 Å². The quantitative estimate of drug-likeness (QED) is 0.0618. The van der Waals surface area contributed by atoms with Gasteiger partial charge in [-0.15, -0.1) is 0 Å². The van der Waals surface area contributed by atoms with Crippen LogP contribution in [0, 0.1) is 12.7 Å². The zero-order valence-electron chi connectivity index (χ0n) is 31.7. The van der Waals surface area contributed by atoms with Crippen molar-refractivity contribution in [1.82, 2.24) is 14.7 Å². The average molecular weight is 776 g/mol. The maximum atomic E-state index is 14.7. The third-order valence-electron chi connectivity index (χ3n) is 8.94. The van der Waals surface area contributed by atoms with Gasteiger partial charge in [-0.05, 0) is 60.7 Å². The van der Waals surface area contributed by atoms with Gasteiger partial charge in [-0.3, -0.25) is 13.8 Å². The minimum absolute atomic E-state index is 0.0178. The van der Waals surface area contributed by atoms with Crippen LogP contribution in [0.15, 0.2) is 59.5 Å². The molecule has 3 aromatic rings. The lowest BCUT2D eigenvalue weighted by Crippen LogP contribution is -2.48. The number of nitrogens with zero attached hydrogens (tertiary/aromatic N) is 3. The van der Waals surface area contributed by atoms with Crippen LogP contribution in [0.4, 0.5) is 4.39 Å². The molecule has 286 valence electrons. The molecule has 0 radical (unpaired) electrons. The first-order chi connectivity index (χ1) is 24.3. The van der Waals surface area contributed by atoms with Gasteiger partial charge in [0.2, 0.25) is 0 Å².